The van der Waals surface area contributed by atoms with E-state index in [1.54, 1.807) is 12.4 Å². The number of halogens is 1. The molecule has 4 aromatic rings. The van der Waals surface area contributed by atoms with Gasteiger partial charge < -0.3 is 4.57 Å². The van der Waals surface area contributed by atoms with Crippen LogP contribution in [0.3, 0.4) is 0 Å². The van der Waals surface area contributed by atoms with Crippen LogP contribution >= 0.6 is 0 Å². The van der Waals surface area contributed by atoms with E-state index in [2.05, 4.69) is 15.0 Å². The van der Waals surface area contributed by atoms with E-state index in [0.29, 0.717) is 5.52 Å². The summed E-state index contributed by atoms with van der Waals surface area (Å²) >= 11 is 0. The average molecular weight is 376 g/mol. The van der Waals surface area contributed by atoms with Crippen molar-refractivity contribution in [2.75, 3.05) is 0 Å². The number of rotatable bonds is 5. The molecule has 5 nitrogen and oxygen atoms in total. The summed E-state index contributed by atoms with van der Waals surface area (Å²) in [5.41, 5.74) is 2.64. The lowest BCUT2D eigenvalue weighted by Crippen LogP contribution is -2.09. The first kappa shape index (κ1) is 15.6. The maximum atomic E-state index is 13.1. The van der Waals surface area contributed by atoms with E-state index >= 15 is 0 Å². The number of carbonyl (C=O) groups excluding carboxylic acids is 1. The van der Waals surface area contributed by atoms with Crippen LogP contribution in [0.25, 0.3) is 22.2 Å². The zero-order valence-electron chi connectivity index (χ0n) is 17.5. The lowest BCUT2D eigenvalue weighted by Gasteiger charge is -2.07. The minimum atomic E-state index is -2.26. The molecule has 0 aliphatic carbocycles. The first-order valence-electron chi connectivity index (χ1n) is 9.79. The first-order chi connectivity index (χ1) is 14.3. The van der Waals surface area contributed by atoms with E-state index < -0.39 is 18.0 Å². The third kappa shape index (κ3) is 3.67. The van der Waals surface area contributed by atoms with Crippen molar-refractivity contribution < 1.29 is 11.9 Å². The predicted molar refractivity (Wildman–Crippen MR) is 105 cm³/mol. The van der Waals surface area contributed by atoms with Crippen LogP contribution in [0.4, 0.5) is 4.39 Å². The Morgan fingerprint density at radius 1 is 1.14 bits per heavy atom. The normalized spacial score (nSPS) is 12.7. The second-order valence-electron chi connectivity index (χ2n) is 6.54. The molecule has 2 aromatic heterocycles. The lowest BCUT2D eigenvalue weighted by molar-refractivity contribution is -0.117. The Morgan fingerprint density at radius 2 is 1.93 bits per heavy atom. The van der Waals surface area contributed by atoms with Crippen LogP contribution in [-0.4, -0.2) is 25.3 Å². The van der Waals surface area contributed by atoms with E-state index in [1.165, 1.54) is 12.1 Å². The summed E-state index contributed by atoms with van der Waals surface area (Å²) in [6.45, 7) is 1.92. The van der Waals surface area contributed by atoms with Crippen LogP contribution in [0.15, 0.2) is 54.9 Å². The Morgan fingerprint density at radius 3 is 2.64 bits per heavy atom. The Bertz CT molecular complexity index is 1250. The van der Waals surface area contributed by atoms with Gasteiger partial charge in [-0.3, -0.25) is 4.79 Å². The van der Waals surface area contributed by atoms with Crippen LogP contribution in [0, 0.1) is 12.7 Å². The molecule has 0 saturated carbocycles. The number of imidazole rings is 1. The molecule has 0 unspecified atom stereocenters. The summed E-state index contributed by atoms with van der Waals surface area (Å²) in [6.07, 6.45) is 0.880. The van der Waals surface area contributed by atoms with Gasteiger partial charge in [0.25, 0.3) is 0 Å². The topological polar surface area (TPSA) is 60.7 Å². The highest BCUT2D eigenvalue weighted by Gasteiger charge is 2.11. The van der Waals surface area contributed by atoms with E-state index in [0.717, 1.165) is 34.6 Å². The van der Waals surface area contributed by atoms with Crippen LogP contribution in [0.2, 0.25) is 0 Å². The van der Waals surface area contributed by atoms with E-state index in [4.69, 9.17) is 2.74 Å². The molecule has 0 bridgehead atoms. The van der Waals surface area contributed by atoms with Crippen LogP contribution in [0.5, 0.6) is 0 Å². The molecule has 0 saturated heterocycles. The van der Waals surface area contributed by atoms with Gasteiger partial charge in [-0.1, -0.05) is 24.3 Å². The minimum absolute atomic E-state index is 0.101. The zero-order chi connectivity index (χ0) is 21.5. The second kappa shape index (κ2) is 7.31. The van der Waals surface area contributed by atoms with Crippen molar-refractivity contribution in [3.8, 4) is 11.3 Å². The van der Waals surface area contributed by atoms with Crippen molar-refractivity contribution in [1.82, 2.24) is 19.5 Å². The van der Waals surface area contributed by atoms with Gasteiger partial charge in [0.1, 0.15) is 23.2 Å². The zero-order valence-corrected chi connectivity index (χ0v) is 15.5. The van der Waals surface area contributed by atoms with Crippen LogP contribution in [-0.2, 0) is 24.6 Å². The van der Waals surface area contributed by atoms with Gasteiger partial charge in [0.15, 0.2) is 0 Å². The number of benzene rings is 2. The maximum Gasteiger partial charge on any atom is 0.144 e. The second-order valence-corrected chi connectivity index (χ2v) is 6.54. The molecular formula is C22H19FN4O. The highest BCUT2D eigenvalue weighted by Crippen LogP contribution is 2.23. The van der Waals surface area contributed by atoms with E-state index in [9.17, 15) is 9.18 Å². The number of aromatic nitrogens is 4. The van der Waals surface area contributed by atoms with Crippen LogP contribution in [0.1, 0.15) is 20.0 Å². The summed E-state index contributed by atoms with van der Waals surface area (Å²) < 4.78 is 31.4. The van der Waals surface area contributed by atoms with E-state index in [1.807, 2.05) is 36.7 Å². The molecule has 4 rings (SSSR count). The van der Waals surface area contributed by atoms with Gasteiger partial charge in [-0.2, -0.15) is 0 Å². The largest absolute Gasteiger partial charge is 0.331 e. The lowest BCUT2D eigenvalue weighted by atomic mass is 10.1. The van der Waals surface area contributed by atoms with Gasteiger partial charge in [0.2, 0.25) is 0 Å². The third-order valence-electron chi connectivity index (χ3n) is 4.60. The average Bonchev–Trinajstić information content (AvgIpc) is 3.06. The molecule has 0 spiro atoms. The molecule has 0 fully saturated rings. The Labute approximate surface area is 164 Å². The van der Waals surface area contributed by atoms with Crippen molar-refractivity contribution in [3.63, 3.8) is 0 Å². The molecule has 0 amide bonds. The maximum absolute atomic E-state index is 13.1. The summed E-state index contributed by atoms with van der Waals surface area (Å²) in [5.74, 6) is -0.0509. The van der Waals surface area contributed by atoms with Gasteiger partial charge in [-0.25, -0.2) is 19.3 Å². The number of Topliss-reactive ketones (excluding diaryl/α,β-unsaturated/α-hetero) is 1. The molecule has 140 valence electrons. The first-order valence-corrected chi connectivity index (χ1v) is 8.79. The molecule has 6 heteroatoms. The highest BCUT2D eigenvalue weighted by molar-refractivity contribution is 5.85. The van der Waals surface area contributed by atoms with Crippen molar-refractivity contribution >= 4 is 16.7 Å². The van der Waals surface area contributed by atoms with Crippen molar-refractivity contribution in [2.45, 2.75) is 19.7 Å². The smallest absolute Gasteiger partial charge is 0.144 e. The van der Waals surface area contributed by atoms with Crippen molar-refractivity contribution in [1.29, 1.82) is 0 Å². The summed E-state index contributed by atoms with van der Waals surface area (Å²) in [6, 6.07) is 10.6. The third-order valence-corrected chi connectivity index (χ3v) is 4.60. The molecule has 2 heterocycles. The van der Waals surface area contributed by atoms with E-state index in [-0.39, 0.29) is 17.8 Å². The predicted octanol–water partition coefficient (Wildman–Crippen LogP) is 3.83. The summed E-state index contributed by atoms with van der Waals surface area (Å²) in [7, 11) is 1.93. The molecule has 0 atom stereocenters. The fourth-order valence-corrected chi connectivity index (χ4v) is 2.96. The van der Waals surface area contributed by atoms with Gasteiger partial charge in [-0.15, -0.1) is 0 Å². The monoisotopic (exact) mass is 376 g/mol. The minimum Gasteiger partial charge on any atom is -0.331 e. The van der Waals surface area contributed by atoms with Gasteiger partial charge >= 0.3 is 0 Å². The molecular weight excluding hydrogens is 355 g/mol. The quantitative estimate of drug-likeness (QED) is 0.531. The molecule has 0 N–H and O–H groups in total. The molecule has 0 radical (unpaired) electrons. The standard InChI is InChI=1S/C22H19FN4O/c1-14-24-13-21(27(14)2)16-5-6-17-12-25-22(26-20(17)10-16)11-19(28)9-15-3-7-18(23)8-4-15/h3-8,10,12-13H,9,11H2,1-2H3/i9D2. The number of carbonyl (C=O) groups is 1. The number of hydrogen-bond donors (Lipinski definition) is 0. The number of hydrogen-bond acceptors (Lipinski definition) is 4. The highest BCUT2D eigenvalue weighted by atomic mass is 19.1. The molecule has 28 heavy (non-hydrogen) atoms. The Kier molecular flexibility index (Phi) is 4.08. The number of aryl methyl sites for hydroxylation is 1. The molecule has 0 aliphatic rings. The van der Waals surface area contributed by atoms with Crippen molar-refractivity contribution in [3.05, 3.63) is 77.9 Å². The van der Waals surface area contributed by atoms with Gasteiger partial charge in [0.05, 0.1) is 23.8 Å². The SMILES string of the molecule is [2H]C([2H])(C(=O)Cc1ncc2ccc(-c3cnc(C)n3C)cc2n1)c1ccc(F)cc1. The fraction of sp³-hybridized carbons (Fsp3) is 0.182. The van der Waals surface area contributed by atoms with Crippen molar-refractivity contribution in [2.24, 2.45) is 7.05 Å². The van der Waals surface area contributed by atoms with Gasteiger partial charge in [0, 0.05) is 33.3 Å². The molecule has 2 aromatic carbocycles. The summed E-state index contributed by atoms with van der Waals surface area (Å²) in [5, 5.41) is 0.815. The summed E-state index contributed by atoms with van der Waals surface area (Å²) in [4.78, 5) is 25.6. The number of nitrogens with zero attached hydrogens (tertiary/aromatic N) is 4. The number of fused-ring (bicyclic) bond motifs is 1. The Hall–Kier alpha value is -3.41. The van der Waals surface area contributed by atoms with Crippen LogP contribution < -0.4 is 0 Å². The Balaban J connectivity index is 1.63. The fourth-order valence-electron chi connectivity index (χ4n) is 2.96. The van der Waals surface area contributed by atoms with Gasteiger partial charge in [-0.05, 0) is 30.7 Å². The molecule has 0 aliphatic heterocycles. The number of ketones is 1.